The second-order valence-electron chi connectivity index (χ2n) is 10.3. The number of alkyl halides is 1. The first-order valence-corrected chi connectivity index (χ1v) is 12.3. The van der Waals surface area contributed by atoms with Crippen LogP contribution in [0.4, 0.5) is 4.39 Å². The van der Waals surface area contributed by atoms with Gasteiger partial charge < -0.3 is 14.9 Å². The van der Waals surface area contributed by atoms with Crippen LogP contribution in [-0.2, 0) is 18.7 Å². The zero-order chi connectivity index (χ0) is 23.0. The minimum Gasteiger partial charge on any atom is -0.390 e. The van der Waals surface area contributed by atoms with Gasteiger partial charge in [0.05, 0.1) is 6.10 Å². The Morgan fingerprint density at radius 1 is 1.32 bits per heavy atom. The van der Waals surface area contributed by atoms with Crippen LogP contribution in [0.1, 0.15) is 46.5 Å². The van der Waals surface area contributed by atoms with Gasteiger partial charge in [-0.1, -0.05) is 31.6 Å². The van der Waals surface area contributed by atoms with Crippen molar-refractivity contribution in [3.63, 3.8) is 0 Å². The summed E-state index contributed by atoms with van der Waals surface area (Å²) in [5, 5.41) is 11.2. The number of phosphoric acid groups is 1. The highest BCUT2D eigenvalue weighted by Crippen LogP contribution is 2.69. The van der Waals surface area contributed by atoms with Crippen LogP contribution in [-0.4, -0.2) is 44.8 Å². The second kappa shape index (κ2) is 7.16. The number of carbonyl (C=O) groups is 2. The summed E-state index contributed by atoms with van der Waals surface area (Å²) < 4.78 is 32.5. The molecule has 4 rings (SSSR count). The lowest BCUT2D eigenvalue weighted by Crippen LogP contribution is -2.66. The molecule has 0 spiro atoms. The quantitative estimate of drug-likeness (QED) is 0.439. The first-order chi connectivity index (χ1) is 14.2. The van der Waals surface area contributed by atoms with Crippen molar-refractivity contribution in [2.45, 2.75) is 58.2 Å². The number of Topliss-reactive ketones (excluding diaryl/α,β-unsaturated/α-hetero) is 1. The SMILES string of the molecule is C[C@@H]1C[C@H]2[C@@H]3CC=C4CC(=O)C=C[C@]4(C)[C@@]3(F)[C@@H](O)C[C@]2(C)[C@H]1C(=O)COP(=O)(O)O. The molecule has 7 nitrogen and oxygen atoms in total. The van der Waals surface area contributed by atoms with Crippen molar-refractivity contribution in [1.82, 2.24) is 0 Å². The average Bonchev–Trinajstić information content (AvgIpc) is 2.91. The average molecular weight is 456 g/mol. The van der Waals surface area contributed by atoms with Gasteiger partial charge in [-0.05, 0) is 49.5 Å². The van der Waals surface area contributed by atoms with Gasteiger partial charge in [0.15, 0.2) is 17.2 Å². The maximum absolute atomic E-state index is 17.0. The Balaban J connectivity index is 1.70. The van der Waals surface area contributed by atoms with E-state index in [4.69, 9.17) is 9.79 Å². The molecule has 4 aliphatic carbocycles. The lowest BCUT2D eigenvalue weighted by atomic mass is 9.46. The summed E-state index contributed by atoms with van der Waals surface area (Å²) in [6.45, 7) is 4.80. The molecular weight excluding hydrogens is 426 g/mol. The van der Waals surface area contributed by atoms with Gasteiger partial charge in [-0.15, -0.1) is 0 Å². The number of rotatable bonds is 4. The molecule has 3 N–H and O–H groups in total. The summed E-state index contributed by atoms with van der Waals surface area (Å²) in [6, 6.07) is 0. The fourth-order valence-electron chi connectivity index (χ4n) is 7.41. The van der Waals surface area contributed by atoms with E-state index in [0.717, 1.165) is 0 Å². The molecule has 0 bridgehead atoms. The van der Waals surface area contributed by atoms with Crippen LogP contribution in [0.25, 0.3) is 0 Å². The molecule has 9 heteroatoms. The van der Waals surface area contributed by atoms with Gasteiger partial charge in [0.25, 0.3) is 0 Å². The number of hydrogen-bond acceptors (Lipinski definition) is 5. The van der Waals surface area contributed by atoms with E-state index in [-0.39, 0.29) is 30.5 Å². The molecule has 8 atom stereocenters. The number of carbonyl (C=O) groups excluding carboxylic acids is 2. The third-order valence-electron chi connectivity index (χ3n) is 8.67. The van der Waals surface area contributed by atoms with Gasteiger partial charge in [-0.2, -0.15) is 0 Å². The zero-order valence-corrected chi connectivity index (χ0v) is 18.8. The lowest BCUT2D eigenvalue weighted by molar-refractivity contribution is -0.189. The monoisotopic (exact) mass is 456 g/mol. The summed E-state index contributed by atoms with van der Waals surface area (Å²) in [6.07, 6.45) is 4.76. The first kappa shape index (κ1) is 23.0. The molecule has 2 saturated carbocycles. The van der Waals surface area contributed by atoms with Crippen LogP contribution < -0.4 is 0 Å². The molecule has 0 aromatic carbocycles. The van der Waals surface area contributed by atoms with E-state index >= 15 is 4.39 Å². The molecule has 0 amide bonds. The van der Waals surface area contributed by atoms with Crippen LogP contribution in [0, 0.1) is 34.5 Å². The Hall–Kier alpha value is -1.18. The summed E-state index contributed by atoms with van der Waals surface area (Å²) in [5.41, 5.74) is -3.06. The van der Waals surface area contributed by atoms with Crippen LogP contribution in [0.3, 0.4) is 0 Å². The van der Waals surface area contributed by atoms with Gasteiger partial charge in [-0.25, -0.2) is 8.96 Å². The van der Waals surface area contributed by atoms with Crippen molar-refractivity contribution < 1.29 is 38.0 Å². The van der Waals surface area contributed by atoms with E-state index in [1.807, 2.05) is 19.9 Å². The molecule has 0 aromatic heterocycles. The number of fused-ring (bicyclic) bond motifs is 5. The molecule has 0 heterocycles. The summed E-state index contributed by atoms with van der Waals surface area (Å²) >= 11 is 0. The van der Waals surface area contributed by atoms with Crippen molar-refractivity contribution in [1.29, 1.82) is 0 Å². The third kappa shape index (κ3) is 3.25. The minimum atomic E-state index is -4.79. The maximum Gasteiger partial charge on any atom is 0.470 e. The maximum atomic E-state index is 17.0. The Morgan fingerprint density at radius 3 is 2.65 bits per heavy atom. The molecule has 0 aromatic rings. The number of allylic oxidation sites excluding steroid dienone is 4. The molecule has 0 radical (unpaired) electrons. The highest BCUT2D eigenvalue weighted by atomic mass is 31.2. The van der Waals surface area contributed by atoms with E-state index in [1.54, 1.807) is 13.0 Å². The molecule has 0 unspecified atom stereocenters. The van der Waals surface area contributed by atoms with E-state index < -0.39 is 54.7 Å². The van der Waals surface area contributed by atoms with Gasteiger partial charge in [-0.3, -0.25) is 14.1 Å². The van der Waals surface area contributed by atoms with Crippen molar-refractivity contribution in [2.24, 2.45) is 34.5 Å². The highest BCUT2D eigenvalue weighted by Gasteiger charge is 2.71. The topological polar surface area (TPSA) is 121 Å². The number of aliphatic hydroxyl groups excluding tert-OH is 1. The molecule has 4 aliphatic rings. The summed E-state index contributed by atoms with van der Waals surface area (Å²) in [4.78, 5) is 42.8. The zero-order valence-electron chi connectivity index (χ0n) is 18.0. The Bertz CT molecular complexity index is 925. The lowest BCUT2D eigenvalue weighted by Gasteiger charge is -2.61. The standard InChI is InChI=1S/C22H30FO7P/c1-12-8-16-15-5-4-13-9-14(24)6-7-21(13,3)22(15,23)18(26)10-20(16,2)19(12)17(25)11-30-31(27,28)29/h4,6-7,12,15-16,18-19,26H,5,8-11H2,1-3H3,(H2,27,28,29)/t12-,15+,16+,18+,19-,20+,21+,22+/m1/s1. The third-order valence-corrected chi connectivity index (χ3v) is 9.13. The van der Waals surface area contributed by atoms with E-state index in [2.05, 4.69) is 4.52 Å². The number of halogens is 1. The number of phosphoric ester groups is 1. The van der Waals surface area contributed by atoms with Crippen LogP contribution in [0.15, 0.2) is 23.8 Å². The van der Waals surface area contributed by atoms with Gasteiger partial charge in [0, 0.05) is 23.7 Å². The molecular formula is C22H30FO7P. The fourth-order valence-corrected chi connectivity index (χ4v) is 7.70. The minimum absolute atomic E-state index is 0.0615. The van der Waals surface area contributed by atoms with Crippen LogP contribution >= 0.6 is 7.82 Å². The summed E-state index contributed by atoms with van der Waals surface area (Å²) in [5.74, 6) is -1.97. The second-order valence-corrected chi connectivity index (χ2v) is 11.5. The molecule has 31 heavy (non-hydrogen) atoms. The van der Waals surface area contributed by atoms with Crippen LogP contribution in [0.5, 0.6) is 0 Å². The molecule has 172 valence electrons. The number of hydrogen-bond donors (Lipinski definition) is 3. The predicted molar refractivity (Wildman–Crippen MR) is 109 cm³/mol. The van der Waals surface area contributed by atoms with E-state index in [0.29, 0.717) is 18.4 Å². The first-order valence-electron chi connectivity index (χ1n) is 10.8. The fraction of sp³-hybridized carbons (Fsp3) is 0.727. The van der Waals surface area contributed by atoms with E-state index in [9.17, 15) is 19.3 Å². The smallest absolute Gasteiger partial charge is 0.390 e. The van der Waals surface area contributed by atoms with Crippen molar-refractivity contribution in [2.75, 3.05) is 6.61 Å². The Morgan fingerprint density at radius 2 is 2.00 bits per heavy atom. The van der Waals surface area contributed by atoms with Crippen molar-refractivity contribution >= 4 is 19.4 Å². The highest BCUT2D eigenvalue weighted by molar-refractivity contribution is 7.46. The summed E-state index contributed by atoms with van der Waals surface area (Å²) in [7, 11) is -4.79. The van der Waals surface area contributed by atoms with Crippen LogP contribution in [0.2, 0.25) is 0 Å². The van der Waals surface area contributed by atoms with Gasteiger partial charge >= 0.3 is 7.82 Å². The van der Waals surface area contributed by atoms with Crippen molar-refractivity contribution in [3.8, 4) is 0 Å². The molecule has 2 fully saturated rings. The molecule has 0 aliphatic heterocycles. The normalized spacial score (nSPS) is 46.7. The molecule has 0 saturated heterocycles. The number of ketones is 2. The van der Waals surface area contributed by atoms with Gasteiger partial charge in [0.1, 0.15) is 6.61 Å². The van der Waals surface area contributed by atoms with Gasteiger partial charge in [0.2, 0.25) is 0 Å². The Labute approximate surface area is 181 Å². The Kier molecular flexibility index (Phi) is 5.31. The number of aliphatic hydroxyl groups is 1. The largest absolute Gasteiger partial charge is 0.470 e. The van der Waals surface area contributed by atoms with E-state index in [1.165, 1.54) is 6.08 Å². The van der Waals surface area contributed by atoms with Crippen molar-refractivity contribution in [3.05, 3.63) is 23.8 Å². The predicted octanol–water partition coefficient (Wildman–Crippen LogP) is 2.90.